The summed E-state index contributed by atoms with van der Waals surface area (Å²) >= 11 is 0. The zero-order valence-corrected chi connectivity index (χ0v) is 15.9. The van der Waals surface area contributed by atoms with E-state index in [1.807, 2.05) is 6.92 Å². The van der Waals surface area contributed by atoms with Crippen molar-refractivity contribution in [3.8, 4) is 11.5 Å². The second-order valence-corrected chi connectivity index (χ2v) is 5.78. The molecule has 0 fully saturated rings. The Labute approximate surface area is 167 Å². The van der Waals surface area contributed by atoms with Gasteiger partial charge in [0.2, 0.25) is 0 Å². The number of anilines is 1. The molecule has 0 saturated heterocycles. The summed E-state index contributed by atoms with van der Waals surface area (Å²) in [7, 11) is 0. The number of ether oxygens (including phenoxy) is 3. The van der Waals surface area contributed by atoms with Gasteiger partial charge in [0.05, 0.1) is 12.3 Å². The summed E-state index contributed by atoms with van der Waals surface area (Å²) in [5.74, 6) is -0.704. The maximum absolute atomic E-state index is 12.3. The summed E-state index contributed by atoms with van der Waals surface area (Å²) in [6.07, 6.45) is 1.54. The highest BCUT2D eigenvalue weighted by Crippen LogP contribution is 2.24. The molecule has 0 aliphatic carbocycles. The quantitative estimate of drug-likeness (QED) is 0.498. The molecular formula is C21H21F2NO5. The number of hydrogen-bond acceptors (Lipinski definition) is 5. The SMILES string of the molecule is CCOc1ccccc1NC(=O)[C@@H](C)OC(=O)/C=C/c1ccc(OC(F)F)cc1. The number of nitrogens with one attached hydrogen (secondary N) is 1. The van der Waals surface area contributed by atoms with E-state index in [0.717, 1.165) is 6.08 Å². The molecule has 8 heteroatoms. The van der Waals surface area contributed by atoms with Crippen LogP contribution in [0.4, 0.5) is 14.5 Å². The van der Waals surface area contributed by atoms with E-state index in [1.54, 1.807) is 24.3 Å². The van der Waals surface area contributed by atoms with Gasteiger partial charge in [-0.25, -0.2) is 4.79 Å². The van der Waals surface area contributed by atoms with Gasteiger partial charge in [-0.1, -0.05) is 24.3 Å². The molecule has 29 heavy (non-hydrogen) atoms. The third kappa shape index (κ3) is 7.25. The fourth-order valence-electron chi connectivity index (χ4n) is 2.28. The van der Waals surface area contributed by atoms with Crippen molar-refractivity contribution in [1.29, 1.82) is 0 Å². The summed E-state index contributed by atoms with van der Waals surface area (Å²) in [6.45, 7) is 0.812. The van der Waals surface area contributed by atoms with Crippen molar-refractivity contribution in [2.45, 2.75) is 26.6 Å². The zero-order chi connectivity index (χ0) is 21.2. The number of carbonyl (C=O) groups is 2. The average Bonchev–Trinajstić information content (AvgIpc) is 2.68. The van der Waals surface area contributed by atoms with Crippen molar-refractivity contribution in [3.05, 3.63) is 60.2 Å². The van der Waals surface area contributed by atoms with Crippen LogP contribution in [0.5, 0.6) is 11.5 Å². The first kappa shape index (κ1) is 21.9. The van der Waals surface area contributed by atoms with Crippen molar-refractivity contribution < 1.29 is 32.6 Å². The fraction of sp³-hybridized carbons (Fsp3) is 0.238. The largest absolute Gasteiger partial charge is 0.492 e. The predicted octanol–water partition coefficient (Wildman–Crippen LogP) is 4.27. The van der Waals surface area contributed by atoms with Crippen LogP contribution in [-0.2, 0) is 14.3 Å². The fourth-order valence-corrected chi connectivity index (χ4v) is 2.28. The van der Waals surface area contributed by atoms with Crippen LogP contribution in [-0.4, -0.2) is 31.2 Å². The lowest BCUT2D eigenvalue weighted by Crippen LogP contribution is -2.29. The number of halogens is 2. The smallest absolute Gasteiger partial charge is 0.387 e. The maximum atomic E-state index is 12.3. The highest BCUT2D eigenvalue weighted by atomic mass is 19.3. The Hall–Kier alpha value is -3.42. The summed E-state index contributed by atoms with van der Waals surface area (Å²) in [5, 5.41) is 2.66. The van der Waals surface area contributed by atoms with E-state index < -0.39 is 24.6 Å². The zero-order valence-electron chi connectivity index (χ0n) is 15.9. The minimum absolute atomic E-state index is 0.0114. The van der Waals surface area contributed by atoms with Gasteiger partial charge in [0.15, 0.2) is 6.10 Å². The van der Waals surface area contributed by atoms with Gasteiger partial charge in [-0.05, 0) is 49.8 Å². The van der Waals surface area contributed by atoms with Crippen molar-refractivity contribution in [3.63, 3.8) is 0 Å². The van der Waals surface area contributed by atoms with Gasteiger partial charge < -0.3 is 19.5 Å². The molecule has 2 aromatic carbocycles. The van der Waals surface area contributed by atoms with Crippen LogP contribution in [0.3, 0.4) is 0 Å². The van der Waals surface area contributed by atoms with Gasteiger partial charge in [0.25, 0.3) is 5.91 Å². The Balaban J connectivity index is 1.89. The molecule has 154 valence electrons. The van der Waals surface area contributed by atoms with Crippen molar-refractivity contribution >= 4 is 23.6 Å². The van der Waals surface area contributed by atoms with Crippen molar-refractivity contribution in [2.75, 3.05) is 11.9 Å². The van der Waals surface area contributed by atoms with E-state index >= 15 is 0 Å². The van der Waals surface area contributed by atoms with E-state index in [4.69, 9.17) is 9.47 Å². The first-order valence-corrected chi connectivity index (χ1v) is 8.85. The average molecular weight is 405 g/mol. The van der Waals surface area contributed by atoms with E-state index in [0.29, 0.717) is 23.6 Å². The minimum atomic E-state index is -2.90. The number of amides is 1. The molecule has 0 unspecified atom stereocenters. The molecule has 0 spiro atoms. The number of alkyl halides is 2. The third-order valence-electron chi connectivity index (χ3n) is 3.62. The lowest BCUT2D eigenvalue weighted by molar-refractivity contribution is -0.148. The molecule has 1 N–H and O–H groups in total. The molecule has 2 aromatic rings. The van der Waals surface area contributed by atoms with Gasteiger partial charge in [-0.2, -0.15) is 8.78 Å². The number of esters is 1. The van der Waals surface area contributed by atoms with Gasteiger partial charge in [0, 0.05) is 6.08 Å². The summed E-state index contributed by atoms with van der Waals surface area (Å²) in [4.78, 5) is 24.2. The first-order chi connectivity index (χ1) is 13.9. The molecule has 6 nitrogen and oxygen atoms in total. The Morgan fingerprint density at radius 1 is 1.10 bits per heavy atom. The number of para-hydroxylation sites is 2. The van der Waals surface area contributed by atoms with Gasteiger partial charge in [0.1, 0.15) is 11.5 Å². The van der Waals surface area contributed by atoms with Crippen molar-refractivity contribution in [2.24, 2.45) is 0 Å². The Kier molecular flexibility index (Phi) is 8.14. The molecule has 0 aliphatic heterocycles. The lowest BCUT2D eigenvalue weighted by atomic mass is 10.2. The van der Waals surface area contributed by atoms with Crippen LogP contribution >= 0.6 is 0 Å². The maximum Gasteiger partial charge on any atom is 0.387 e. The van der Waals surface area contributed by atoms with Crippen LogP contribution in [0.15, 0.2) is 54.6 Å². The van der Waals surface area contributed by atoms with Crippen LogP contribution in [0, 0.1) is 0 Å². The topological polar surface area (TPSA) is 73.9 Å². The molecular weight excluding hydrogens is 384 g/mol. The van der Waals surface area contributed by atoms with Crippen molar-refractivity contribution in [1.82, 2.24) is 0 Å². The monoisotopic (exact) mass is 405 g/mol. The number of carbonyl (C=O) groups excluding carboxylic acids is 2. The lowest BCUT2D eigenvalue weighted by Gasteiger charge is -2.15. The van der Waals surface area contributed by atoms with Crippen LogP contribution in [0.2, 0.25) is 0 Å². The second-order valence-electron chi connectivity index (χ2n) is 5.78. The number of benzene rings is 2. The van der Waals surface area contributed by atoms with Gasteiger partial charge in [-0.3, -0.25) is 4.79 Å². The molecule has 1 amide bonds. The van der Waals surface area contributed by atoms with Gasteiger partial charge in [-0.15, -0.1) is 0 Å². The normalized spacial score (nSPS) is 11.9. The number of hydrogen-bond donors (Lipinski definition) is 1. The molecule has 0 aliphatic rings. The first-order valence-electron chi connectivity index (χ1n) is 8.85. The highest BCUT2D eigenvalue weighted by Gasteiger charge is 2.18. The highest BCUT2D eigenvalue weighted by molar-refractivity contribution is 5.97. The Morgan fingerprint density at radius 2 is 1.79 bits per heavy atom. The van der Waals surface area contributed by atoms with E-state index in [1.165, 1.54) is 37.3 Å². The van der Waals surface area contributed by atoms with E-state index in [-0.39, 0.29) is 5.75 Å². The summed E-state index contributed by atoms with van der Waals surface area (Å²) < 4.78 is 39.0. The van der Waals surface area contributed by atoms with E-state index in [2.05, 4.69) is 10.1 Å². The van der Waals surface area contributed by atoms with Gasteiger partial charge >= 0.3 is 12.6 Å². The molecule has 0 aromatic heterocycles. The van der Waals surface area contributed by atoms with Crippen LogP contribution in [0.1, 0.15) is 19.4 Å². The predicted molar refractivity (Wildman–Crippen MR) is 104 cm³/mol. The second kappa shape index (κ2) is 10.8. The third-order valence-corrected chi connectivity index (χ3v) is 3.62. The summed E-state index contributed by atoms with van der Waals surface area (Å²) in [6, 6.07) is 12.6. The Morgan fingerprint density at radius 3 is 2.45 bits per heavy atom. The Bertz CT molecular complexity index is 852. The molecule has 2 rings (SSSR count). The van der Waals surface area contributed by atoms with E-state index in [9.17, 15) is 18.4 Å². The summed E-state index contributed by atoms with van der Waals surface area (Å²) in [5.41, 5.74) is 1.05. The van der Waals surface area contributed by atoms with Crippen LogP contribution in [0.25, 0.3) is 6.08 Å². The molecule has 0 bridgehead atoms. The minimum Gasteiger partial charge on any atom is -0.492 e. The van der Waals surface area contributed by atoms with Crippen LogP contribution < -0.4 is 14.8 Å². The molecule has 0 saturated carbocycles. The molecule has 0 radical (unpaired) electrons. The number of rotatable bonds is 9. The molecule has 0 heterocycles. The standard InChI is InChI=1S/C21H21F2NO5/c1-3-27-18-7-5-4-6-17(18)24-20(26)14(2)28-19(25)13-10-15-8-11-16(12-9-15)29-21(22)23/h4-14,21H,3H2,1-2H3,(H,24,26)/b13-10+/t14-/m1/s1. The molecule has 1 atom stereocenters.